The van der Waals surface area contributed by atoms with E-state index >= 15 is 0 Å². The fourth-order valence-electron chi connectivity index (χ4n) is 2.26. The highest BCUT2D eigenvalue weighted by Crippen LogP contribution is 2.25. The summed E-state index contributed by atoms with van der Waals surface area (Å²) in [4.78, 5) is 10.9. The average Bonchev–Trinajstić information content (AvgIpc) is 2.45. The summed E-state index contributed by atoms with van der Waals surface area (Å²) in [6.07, 6.45) is -4.81. The molecular weight excluding hydrogens is 305 g/mol. The van der Waals surface area contributed by atoms with Crippen molar-refractivity contribution >= 4 is 11.5 Å². The van der Waals surface area contributed by atoms with Crippen molar-refractivity contribution < 1.29 is 23.1 Å². The van der Waals surface area contributed by atoms with Crippen LogP contribution < -0.4 is 0 Å². The fraction of sp³-hybridized carbons (Fsp3) is 0.167. The van der Waals surface area contributed by atoms with Crippen molar-refractivity contribution in [3.05, 3.63) is 65.2 Å². The first kappa shape index (κ1) is 16.8. The number of ketones is 1. The summed E-state index contributed by atoms with van der Waals surface area (Å²) in [6.45, 7) is 3.95. The SMILES string of the molecule is Cc1cc(C)cc(-c2ccc(/C(O)=C/C(=O)C(F)(F)F)cc2)c1. The standard InChI is InChI=1S/C18H15F3O2/c1-11-7-12(2)9-15(8-11)13-3-5-14(6-4-13)16(22)10-17(23)18(19,20)21/h3-10,22H,1-2H3/b16-10-. The summed E-state index contributed by atoms with van der Waals surface area (Å²) in [5.41, 5.74) is 4.19. The predicted molar refractivity (Wildman–Crippen MR) is 83.0 cm³/mol. The Labute approximate surface area is 131 Å². The Bertz CT molecular complexity index is 737. The van der Waals surface area contributed by atoms with Crippen LogP contribution in [0.15, 0.2) is 48.5 Å². The van der Waals surface area contributed by atoms with Crippen LogP contribution in [0.3, 0.4) is 0 Å². The number of hydrogen-bond acceptors (Lipinski definition) is 2. The number of benzene rings is 2. The Balaban J connectivity index is 2.29. The highest BCUT2D eigenvalue weighted by atomic mass is 19.4. The average molecular weight is 320 g/mol. The van der Waals surface area contributed by atoms with Crippen LogP contribution in [-0.4, -0.2) is 17.1 Å². The third kappa shape index (κ3) is 4.22. The van der Waals surface area contributed by atoms with E-state index in [1.807, 2.05) is 32.0 Å². The molecule has 0 bridgehead atoms. The van der Waals surface area contributed by atoms with Crippen molar-refractivity contribution in [1.29, 1.82) is 0 Å². The molecule has 0 spiro atoms. The minimum absolute atomic E-state index is 0.149. The second-order valence-corrected chi connectivity index (χ2v) is 5.35. The molecule has 2 aromatic carbocycles. The molecule has 5 heteroatoms. The molecule has 0 aromatic heterocycles. The van der Waals surface area contributed by atoms with Crippen LogP contribution in [0.4, 0.5) is 13.2 Å². The Morgan fingerprint density at radius 2 is 1.48 bits per heavy atom. The molecule has 0 heterocycles. The van der Waals surface area contributed by atoms with Crippen molar-refractivity contribution in [3.63, 3.8) is 0 Å². The highest BCUT2D eigenvalue weighted by molar-refractivity contribution is 5.99. The molecule has 1 N–H and O–H groups in total. The van der Waals surface area contributed by atoms with Gasteiger partial charge in [-0.15, -0.1) is 0 Å². The lowest BCUT2D eigenvalue weighted by Gasteiger charge is -2.07. The number of carbonyl (C=O) groups excluding carboxylic acids is 1. The van der Waals surface area contributed by atoms with Gasteiger partial charge in [-0.05, 0) is 25.0 Å². The molecule has 120 valence electrons. The lowest BCUT2D eigenvalue weighted by atomic mass is 9.99. The van der Waals surface area contributed by atoms with Gasteiger partial charge in [0.25, 0.3) is 5.78 Å². The maximum absolute atomic E-state index is 12.2. The number of hydrogen-bond donors (Lipinski definition) is 1. The number of aliphatic hydroxyl groups excluding tert-OH is 1. The van der Waals surface area contributed by atoms with Crippen LogP contribution in [0.1, 0.15) is 16.7 Å². The first-order valence-corrected chi connectivity index (χ1v) is 6.88. The molecule has 0 aliphatic carbocycles. The summed E-state index contributed by atoms with van der Waals surface area (Å²) < 4.78 is 36.5. The van der Waals surface area contributed by atoms with Crippen LogP contribution in [0, 0.1) is 13.8 Å². The van der Waals surface area contributed by atoms with Crippen LogP contribution in [-0.2, 0) is 4.79 Å². The van der Waals surface area contributed by atoms with Crippen LogP contribution in [0.5, 0.6) is 0 Å². The predicted octanol–water partition coefficient (Wildman–Crippen LogP) is 5.00. The van der Waals surface area contributed by atoms with Gasteiger partial charge in [-0.25, -0.2) is 0 Å². The second kappa shape index (κ2) is 6.28. The molecule has 0 atom stereocenters. The number of alkyl halides is 3. The van der Waals surface area contributed by atoms with Crippen molar-refractivity contribution in [2.75, 3.05) is 0 Å². The van der Waals surface area contributed by atoms with Crippen LogP contribution in [0.2, 0.25) is 0 Å². The van der Waals surface area contributed by atoms with E-state index in [0.29, 0.717) is 0 Å². The van der Waals surface area contributed by atoms with E-state index in [1.165, 1.54) is 12.1 Å². The monoisotopic (exact) mass is 320 g/mol. The van der Waals surface area contributed by atoms with Gasteiger partial charge in [0.1, 0.15) is 5.76 Å². The molecule has 0 amide bonds. The Hall–Kier alpha value is -2.56. The number of aliphatic hydroxyl groups is 1. The molecule has 0 fully saturated rings. The smallest absolute Gasteiger partial charge is 0.454 e. The Kier molecular flexibility index (Phi) is 4.59. The van der Waals surface area contributed by atoms with Gasteiger partial charge in [-0.3, -0.25) is 4.79 Å². The quantitative estimate of drug-likeness (QED) is 0.638. The Morgan fingerprint density at radius 3 is 1.96 bits per heavy atom. The van der Waals surface area contributed by atoms with Crippen molar-refractivity contribution in [2.24, 2.45) is 0 Å². The lowest BCUT2D eigenvalue weighted by Crippen LogP contribution is -2.20. The molecule has 0 unspecified atom stereocenters. The second-order valence-electron chi connectivity index (χ2n) is 5.35. The van der Waals surface area contributed by atoms with Gasteiger partial charge in [0, 0.05) is 11.6 Å². The molecule has 0 saturated carbocycles. The van der Waals surface area contributed by atoms with E-state index < -0.39 is 17.7 Å². The summed E-state index contributed by atoms with van der Waals surface area (Å²) >= 11 is 0. The van der Waals surface area contributed by atoms with E-state index in [-0.39, 0.29) is 11.6 Å². The van der Waals surface area contributed by atoms with Gasteiger partial charge >= 0.3 is 6.18 Å². The summed E-state index contributed by atoms with van der Waals surface area (Å²) in [5.74, 6) is -2.80. The van der Waals surface area contributed by atoms with Crippen molar-refractivity contribution in [1.82, 2.24) is 0 Å². The lowest BCUT2D eigenvalue weighted by molar-refractivity contribution is -0.165. The number of aryl methyl sites for hydroxylation is 2. The zero-order chi connectivity index (χ0) is 17.2. The van der Waals surface area contributed by atoms with Gasteiger partial charge in [-0.1, -0.05) is 53.6 Å². The van der Waals surface area contributed by atoms with Crippen molar-refractivity contribution in [3.8, 4) is 11.1 Å². The molecule has 2 nitrogen and oxygen atoms in total. The highest BCUT2D eigenvalue weighted by Gasteiger charge is 2.36. The molecule has 0 saturated heterocycles. The topological polar surface area (TPSA) is 37.3 Å². The third-order valence-electron chi connectivity index (χ3n) is 3.28. The van der Waals surface area contributed by atoms with Gasteiger partial charge in [-0.2, -0.15) is 13.2 Å². The summed E-state index contributed by atoms with van der Waals surface area (Å²) in [7, 11) is 0. The normalized spacial score (nSPS) is 12.3. The molecular formula is C18H15F3O2. The number of rotatable bonds is 3. The van der Waals surface area contributed by atoms with Gasteiger partial charge in [0.2, 0.25) is 0 Å². The van der Waals surface area contributed by atoms with Gasteiger partial charge in [0.05, 0.1) is 0 Å². The number of halogens is 3. The first-order valence-electron chi connectivity index (χ1n) is 6.88. The first-order chi connectivity index (χ1) is 10.7. The minimum atomic E-state index is -4.99. The van der Waals surface area contributed by atoms with Gasteiger partial charge < -0.3 is 5.11 Å². The largest absolute Gasteiger partial charge is 0.507 e. The molecule has 2 rings (SSSR count). The summed E-state index contributed by atoms with van der Waals surface area (Å²) in [5, 5.41) is 9.64. The molecule has 0 radical (unpaired) electrons. The molecule has 23 heavy (non-hydrogen) atoms. The number of allylic oxidation sites excluding steroid dienone is 1. The molecule has 2 aromatic rings. The molecule has 0 aliphatic heterocycles. The minimum Gasteiger partial charge on any atom is -0.507 e. The van der Waals surface area contributed by atoms with Crippen LogP contribution >= 0.6 is 0 Å². The third-order valence-corrected chi connectivity index (χ3v) is 3.28. The number of carbonyl (C=O) groups is 1. The zero-order valence-corrected chi connectivity index (χ0v) is 12.6. The Morgan fingerprint density at radius 1 is 0.957 bits per heavy atom. The molecule has 0 aliphatic rings. The zero-order valence-electron chi connectivity index (χ0n) is 12.6. The van der Waals surface area contributed by atoms with Crippen molar-refractivity contribution in [2.45, 2.75) is 20.0 Å². The van der Waals surface area contributed by atoms with E-state index in [9.17, 15) is 23.1 Å². The van der Waals surface area contributed by atoms with E-state index in [1.54, 1.807) is 12.1 Å². The van der Waals surface area contributed by atoms with Gasteiger partial charge in [0.15, 0.2) is 0 Å². The van der Waals surface area contributed by atoms with E-state index in [2.05, 4.69) is 0 Å². The fourth-order valence-corrected chi connectivity index (χ4v) is 2.26. The van der Waals surface area contributed by atoms with E-state index in [4.69, 9.17) is 0 Å². The van der Waals surface area contributed by atoms with Crippen LogP contribution in [0.25, 0.3) is 16.9 Å². The van der Waals surface area contributed by atoms with E-state index in [0.717, 1.165) is 22.3 Å². The maximum Gasteiger partial charge on any atom is 0.454 e. The maximum atomic E-state index is 12.2. The summed E-state index contributed by atoms with van der Waals surface area (Å²) in [6, 6.07) is 12.3.